The summed E-state index contributed by atoms with van der Waals surface area (Å²) in [6.45, 7) is 1.61. The molecule has 2 fully saturated rings. The SMILES string of the molecule is Cn1cc(CC2CCN(C(=O)c3ccnc(OC4CCC4)c3)C2)cn1. The van der Waals surface area contributed by atoms with Gasteiger partial charge in [-0.1, -0.05) is 0 Å². The molecule has 4 rings (SSSR count). The molecule has 1 saturated heterocycles. The third kappa shape index (κ3) is 3.67. The molecule has 1 aliphatic carbocycles. The van der Waals surface area contributed by atoms with Gasteiger partial charge >= 0.3 is 0 Å². The molecule has 0 radical (unpaired) electrons. The average molecular weight is 340 g/mol. The molecule has 0 aromatic carbocycles. The molecule has 1 amide bonds. The van der Waals surface area contributed by atoms with E-state index in [9.17, 15) is 4.79 Å². The van der Waals surface area contributed by atoms with Crippen molar-refractivity contribution < 1.29 is 9.53 Å². The van der Waals surface area contributed by atoms with Gasteiger partial charge in [-0.25, -0.2) is 4.98 Å². The van der Waals surface area contributed by atoms with E-state index in [1.54, 1.807) is 18.3 Å². The van der Waals surface area contributed by atoms with Crippen molar-refractivity contribution in [3.8, 4) is 5.88 Å². The predicted octanol–water partition coefficient (Wildman–Crippen LogP) is 2.45. The number of amides is 1. The summed E-state index contributed by atoms with van der Waals surface area (Å²) in [5.74, 6) is 1.15. The maximum atomic E-state index is 12.8. The van der Waals surface area contributed by atoms with Crippen LogP contribution in [-0.4, -0.2) is 44.8 Å². The van der Waals surface area contributed by atoms with Crippen LogP contribution in [0.2, 0.25) is 0 Å². The smallest absolute Gasteiger partial charge is 0.254 e. The lowest BCUT2D eigenvalue weighted by atomic mass is 9.96. The zero-order valence-electron chi connectivity index (χ0n) is 14.6. The molecule has 132 valence electrons. The summed E-state index contributed by atoms with van der Waals surface area (Å²) < 4.78 is 7.64. The summed E-state index contributed by atoms with van der Waals surface area (Å²) in [6, 6.07) is 3.57. The fourth-order valence-corrected chi connectivity index (χ4v) is 3.54. The first-order valence-electron chi connectivity index (χ1n) is 9.07. The van der Waals surface area contributed by atoms with Gasteiger partial charge in [-0.15, -0.1) is 0 Å². The van der Waals surface area contributed by atoms with E-state index in [1.807, 2.05) is 22.8 Å². The first-order chi connectivity index (χ1) is 12.2. The molecule has 3 heterocycles. The molecule has 1 aliphatic heterocycles. The predicted molar refractivity (Wildman–Crippen MR) is 93.4 cm³/mol. The van der Waals surface area contributed by atoms with Crippen molar-refractivity contribution in [3.63, 3.8) is 0 Å². The van der Waals surface area contributed by atoms with Gasteiger partial charge in [0.1, 0.15) is 6.10 Å². The van der Waals surface area contributed by atoms with Gasteiger partial charge in [0.25, 0.3) is 5.91 Å². The van der Waals surface area contributed by atoms with E-state index in [-0.39, 0.29) is 12.0 Å². The first kappa shape index (κ1) is 16.1. The molecule has 0 N–H and O–H groups in total. The highest BCUT2D eigenvalue weighted by molar-refractivity contribution is 5.94. The Morgan fingerprint density at radius 2 is 2.24 bits per heavy atom. The van der Waals surface area contributed by atoms with Gasteiger partial charge < -0.3 is 9.64 Å². The second-order valence-electron chi connectivity index (χ2n) is 7.19. The summed E-state index contributed by atoms with van der Waals surface area (Å²) in [4.78, 5) is 19.0. The van der Waals surface area contributed by atoms with Gasteiger partial charge in [0.05, 0.1) is 6.20 Å². The standard InChI is InChI=1S/C19H24N4O2/c1-22-12-15(11-21-22)9-14-6-8-23(13-14)19(24)16-5-7-20-18(10-16)25-17-3-2-4-17/h5,7,10-12,14,17H,2-4,6,8-9,13H2,1H3. The van der Waals surface area contributed by atoms with Crippen molar-refractivity contribution in [2.75, 3.05) is 13.1 Å². The Hall–Kier alpha value is -2.37. The number of pyridine rings is 1. The van der Waals surface area contributed by atoms with Gasteiger partial charge in [-0.05, 0) is 49.7 Å². The summed E-state index contributed by atoms with van der Waals surface area (Å²) >= 11 is 0. The van der Waals surface area contributed by atoms with E-state index in [2.05, 4.69) is 16.3 Å². The number of rotatable bonds is 5. The van der Waals surface area contributed by atoms with Crippen LogP contribution in [0.3, 0.4) is 0 Å². The molecule has 0 bridgehead atoms. The molecule has 6 nitrogen and oxygen atoms in total. The summed E-state index contributed by atoms with van der Waals surface area (Å²) in [5.41, 5.74) is 1.91. The number of carbonyl (C=O) groups excluding carboxylic acids is 1. The fraction of sp³-hybridized carbons (Fsp3) is 0.526. The Bertz CT molecular complexity index is 753. The van der Waals surface area contributed by atoms with Crippen LogP contribution in [0.4, 0.5) is 0 Å². The Labute approximate surface area is 147 Å². The molecule has 25 heavy (non-hydrogen) atoms. The molecular formula is C19H24N4O2. The number of aryl methyl sites for hydroxylation is 1. The number of ether oxygens (including phenoxy) is 1. The van der Waals surface area contributed by atoms with Crippen LogP contribution in [0.5, 0.6) is 5.88 Å². The second kappa shape index (κ2) is 6.86. The number of likely N-dealkylation sites (tertiary alicyclic amines) is 1. The highest BCUT2D eigenvalue weighted by Gasteiger charge is 2.28. The Balaban J connectivity index is 1.37. The Kier molecular flexibility index (Phi) is 4.42. The van der Waals surface area contributed by atoms with E-state index < -0.39 is 0 Å². The first-order valence-corrected chi connectivity index (χ1v) is 9.07. The lowest BCUT2D eigenvalue weighted by molar-refractivity contribution is 0.0784. The third-order valence-electron chi connectivity index (χ3n) is 5.18. The minimum atomic E-state index is 0.0783. The van der Waals surface area contributed by atoms with Gasteiger partial charge in [-0.2, -0.15) is 5.10 Å². The van der Waals surface area contributed by atoms with Crippen molar-refractivity contribution >= 4 is 5.91 Å². The molecule has 1 unspecified atom stereocenters. The zero-order chi connectivity index (χ0) is 17.2. The summed E-state index contributed by atoms with van der Waals surface area (Å²) in [6.07, 6.45) is 11.3. The minimum Gasteiger partial charge on any atom is -0.474 e. The van der Waals surface area contributed by atoms with E-state index in [0.717, 1.165) is 38.8 Å². The van der Waals surface area contributed by atoms with Gasteiger partial charge in [0.15, 0.2) is 0 Å². The van der Waals surface area contributed by atoms with Gasteiger partial charge in [0.2, 0.25) is 5.88 Å². The lowest BCUT2D eigenvalue weighted by Gasteiger charge is -2.25. The summed E-state index contributed by atoms with van der Waals surface area (Å²) in [7, 11) is 1.93. The van der Waals surface area contributed by atoms with E-state index in [1.165, 1.54) is 12.0 Å². The number of carbonyl (C=O) groups is 1. The number of aromatic nitrogens is 3. The molecule has 0 spiro atoms. The van der Waals surface area contributed by atoms with Crippen molar-refractivity contribution in [1.29, 1.82) is 0 Å². The lowest BCUT2D eigenvalue weighted by Crippen LogP contribution is -2.29. The van der Waals surface area contributed by atoms with Crippen LogP contribution < -0.4 is 4.74 Å². The second-order valence-corrected chi connectivity index (χ2v) is 7.19. The third-order valence-corrected chi connectivity index (χ3v) is 5.18. The van der Waals surface area contributed by atoms with E-state index >= 15 is 0 Å². The number of hydrogen-bond donors (Lipinski definition) is 0. The van der Waals surface area contributed by atoms with Gasteiger partial charge in [-0.3, -0.25) is 9.48 Å². The summed E-state index contributed by atoms with van der Waals surface area (Å²) in [5, 5.41) is 4.22. The minimum absolute atomic E-state index is 0.0783. The quantitative estimate of drug-likeness (QED) is 0.839. The van der Waals surface area contributed by atoms with Crippen LogP contribution in [0.15, 0.2) is 30.7 Å². The largest absolute Gasteiger partial charge is 0.474 e. The van der Waals surface area contributed by atoms with Crippen molar-refractivity contribution in [2.45, 2.75) is 38.2 Å². The molecule has 6 heteroatoms. The van der Waals surface area contributed by atoms with Crippen LogP contribution in [-0.2, 0) is 13.5 Å². The molecular weight excluding hydrogens is 316 g/mol. The monoisotopic (exact) mass is 340 g/mol. The van der Waals surface area contributed by atoms with Crippen molar-refractivity contribution in [1.82, 2.24) is 19.7 Å². The topological polar surface area (TPSA) is 60.2 Å². The van der Waals surface area contributed by atoms with Crippen molar-refractivity contribution in [2.24, 2.45) is 13.0 Å². The molecule has 1 saturated carbocycles. The van der Waals surface area contributed by atoms with E-state index in [4.69, 9.17) is 4.74 Å². The Morgan fingerprint density at radius 3 is 2.96 bits per heavy atom. The average Bonchev–Trinajstić information content (AvgIpc) is 3.20. The Morgan fingerprint density at radius 1 is 1.36 bits per heavy atom. The van der Waals surface area contributed by atoms with Crippen LogP contribution >= 0.6 is 0 Å². The normalized spacial score (nSPS) is 20.5. The van der Waals surface area contributed by atoms with E-state index in [0.29, 0.717) is 17.4 Å². The fourth-order valence-electron chi connectivity index (χ4n) is 3.54. The van der Waals surface area contributed by atoms with Gasteiger partial charge in [0, 0.05) is 44.2 Å². The van der Waals surface area contributed by atoms with Crippen LogP contribution in [0.1, 0.15) is 41.6 Å². The van der Waals surface area contributed by atoms with Crippen LogP contribution in [0.25, 0.3) is 0 Å². The van der Waals surface area contributed by atoms with Crippen molar-refractivity contribution in [3.05, 3.63) is 41.9 Å². The molecule has 2 aliphatic rings. The maximum absolute atomic E-state index is 12.8. The van der Waals surface area contributed by atoms with Crippen LogP contribution in [0, 0.1) is 5.92 Å². The number of hydrogen-bond acceptors (Lipinski definition) is 4. The highest BCUT2D eigenvalue weighted by atomic mass is 16.5. The molecule has 2 aromatic rings. The number of nitrogens with zero attached hydrogens (tertiary/aromatic N) is 4. The molecule has 1 atom stereocenters. The molecule has 2 aromatic heterocycles. The highest BCUT2D eigenvalue weighted by Crippen LogP contribution is 2.26. The zero-order valence-corrected chi connectivity index (χ0v) is 14.6. The maximum Gasteiger partial charge on any atom is 0.254 e.